The van der Waals surface area contributed by atoms with Crippen LogP contribution in [0.1, 0.15) is 44.2 Å². The van der Waals surface area contributed by atoms with Gasteiger partial charge in [-0.25, -0.2) is 8.42 Å². The van der Waals surface area contributed by atoms with E-state index >= 15 is 0 Å². The Balaban J connectivity index is 2.34. The van der Waals surface area contributed by atoms with Crippen molar-refractivity contribution in [2.75, 3.05) is 18.4 Å². The normalized spacial score (nSPS) is 17.7. The molecule has 5 nitrogen and oxygen atoms in total. The van der Waals surface area contributed by atoms with Crippen molar-refractivity contribution in [3.8, 4) is 0 Å². The first-order chi connectivity index (χ1) is 11.8. The Hall–Kier alpha value is -1.66. The fraction of sp³-hybridized carbons (Fsp3) is 0.526. The smallest absolute Gasteiger partial charge is 0.243 e. The molecule has 25 heavy (non-hydrogen) atoms. The summed E-state index contributed by atoms with van der Waals surface area (Å²) in [6.45, 7) is 8.25. The van der Waals surface area contributed by atoms with E-state index in [1.807, 2.05) is 33.8 Å². The molecular weight excluding hydrogens is 336 g/mol. The molecule has 2 rings (SSSR count). The highest BCUT2D eigenvalue weighted by molar-refractivity contribution is 7.89. The van der Waals surface area contributed by atoms with Crippen LogP contribution >= 0.6 is 0 Å². The minimum absolute atomic E-state index is 0.0377. The molecule has 1 aromatic carbocycles. The zero-order valence-corrected chi connectivity index (χ0v) is 16.3. The van der Waals surface area contributed by atoms with Crippen LogP contribution in [0.5, 0.6) is 0 Å². The number of carbonyl (C=O) groups excluding carboxylic acids is 1. The number of aryl methyl sites for hydroxylation is 1. The summed E-state index contributed by atoms with van der Waals surface area (Å²) >= 11 is 0. The van der Waals surface area contributed by atoms with Gasteiger partial charge in [0.1, 0.15) is 0 Å². The van der Waals surface area contributed by atoms with Crippen molar-refractivity contribution in [2.24, 2.45) is 5.92 Å². The van der Waals surface area contributed by atoms with Gasteiger partial charge in [-0.2, -0.15) is 4.31 Å². The molecule has 1 amide bonds. The molecule has 0 fully saturated rings. The molecule has 1 aromatic rings. The lowest BCUT2D eigenvalue weighted by molar-refractivity contribution is -0.120. The van der Waals surface area contributed by atoms with Gasteiger partial charge in [-0.15, -0.1) is 0 Å². The molecule has 0 bridgehead atoms. The van der Waals surface area contributed by atoms with Gasteiger partial charge in [0, 0.05) is 24.7 Å². The van der Waals surface area contributed by atoms with E-state index in [4.69, 9.17) is 0 Å². The molecule has 138 valence electrons. The SMILES string of the molecule is CCN(CC)S(=O)(=O)c1cc(C)c(C)c(NC(=O)[C@@H]2CC=CCC2)c1. The predicted octanol–water partition coefficient (Wildman–Crippen LogP) is 3.63. The average molecular weight is 365 g/mol. The minimum atomic E-state index is -3.55. The lowest BCUT2D eigenvalue weighted by Crippen LogP contribution is -2.31. The molecule has 0 heterocycles. The third-order valence-corrected chi connectivity index (χ3v) is 6.91. The van der Waals surface area contributed by atoms with Crippen LogP contribution in [0.4, 0.5) is 5.69 Å². The molecule has 0 unspecified atom stereocenters. The number of hydrogen-bond acceptors (Lipinski definition) is 3. The summed E-state index contributed by atoms with van der Waals surface area (Å²) < 4.78 is 27.0. The molecule has 0 spiro atoms. The highest BCUT2D eigenvalue weighted by Crippen LogP contribution is 2.28. The first kappa shape index (κ1) is 19.7. The Bertz CT molecular complexity index is 765. The molecule has 1 aliphatic carbocycles. The summed E-state index contributed by atoms with van der Waals surface area (Å²) in [5.74, 6) is -0.0861. The van der Waals surface area contributed by atoms with Gasteiger partial charge < -0.3 is 5.32 Å². The van der Waals surface area contributed by atoms with E-state index in [1.165, 1.54) is 4.31 Å². The quantitative estimate of drug-likeness (QED) is 0.784. The van der Waals surface area contributed by atoms with Gasteiger partial charge in [0.25, 0.3) is 0 Å². The highest BCUT2D eigenvalue weighted by atomic mass is 32.2. The molecule has 1 atom stereocenters. The molecule has 6 heteroatoms. The van der Waals surface area contributed by atoms with Crippen LogP contribution in [0.25, 0.3) is 0 Å². The zero-order chi connectivity index (χ0) is 18.6. The second-order valence-corrected chi connectivity index (χ2v) is 8.41. The van der Waals surface area contributed by atoms with E-state index in [9.17, 15) is 13.2 Å². The molecule has 0 aromatic heterocycles. The maximum Gasteiger partial charge on any atom is 0.243 e. The van der Waals surface area contributed by atoms with Gasteiger partial charge in [0.15, 0.2) is 0 Å². The van der Waals surface area contributed by atoms with Crippen LogP contribution in [0.2, 0.25) is 0 Å². The Morgan fingerprint density at radius 3 is 2.44 bits per heavy atom. The second-order valence-electron chi connectivity index (χ2n) is 6.47. The number of nitrogens with zero attached hydrogens (tertiary/aromatic N) is 1. The number of allylic oxidation sites excluding steroid dienone is 2. The molecule has 0 aliphatic heterocycles. The molecule has 1 N–H and O–H groups in total. The van der Waals surface area contributed by atoms with Crippen LogP contribution in [0, 0.1) is 19.8 Å². The molecule has 0 saturated carbocycles. The number of benzene rings is 1. The molecule has 0 saturated heterocycles. The van der Waals surface area contributed by atoms with Crippen LogP contribution in [-0.2, 0) is 14.8 Å². The number of amides is 1. The third-order valence-electron chi connectivity index (χ3n) is 4.88. The van der Waals surface area contributed by atoms with Crippen molar-refractivity contribution in [3.05, 3.63) is 35.4 Å². The summed E-state index contributed by atoms with van der Waals surface area (Å²) in [5.41, 5.74) is 2.34. The van der Waals surface area contributed by atoms with Gasteiger partial charge in [-0.1, -0.05) is 26.0 Å². The Labute approximate surface area is 151 Å². The van der Waals surface area contributed by atoms with E-state index < -0.39 is 10.0 Å². The summed E-state index contributed by atoms with van der Waals surface area (Å²) in [6, 6.07) is 3.27. The maximum absolute atomic E-state index is 12.8. The number of sulfonamides is 1. The fourth-order valence-corrected chi connectivity index (χ4v) is 4.65. The fourth-order valence-electron chi connectivity index (χ4n) is 3.08. The largest absolute Gasteiger partial charge is 0.326 e. The number of hydrogen-bond donors (Lipinski definition) is 1. The highest BCUT2D eigenvalue weighted by Gasteiger charge is 2.25. The van der Waals surface area contributed by atoms with Crippen molar-refractivity contribution in [2.45, 2.75) is 51.9 Å². The van der Waals surface area contributed by atoms with Crippen molar-refractivity contribution >= 4 is 21.6 Å². The molecular formula is C19H28N2O3S. The van der Waals surface area contributed by atoms with Crippen LogP contribution < -0.4 is 5.32 Å². The van der Waals surface area contributed by atoms with Gasteiger partial charge in [0.2, 0.25) is 15.9 Å². The molecule has 0 radical (unpaired) electrons. The van der Waals surface area contributed by atoms with Crippen molar-refractivity contribution in [1.82, 2.24) is 4.31 Å². The van der Waals surface area contributed by atoms with E-state index in [0.717, 1.165) is 30.4 Å². The van der Waals surface area contributed by atoms with E-state index in [1.54, 1.807) is 12.1 Å². The van der Waals surface area contributed by atoms with E-state index in [-0.39, 0.29) is 16.7 Å². The second kappa shape index (κ2) is 8.15. The number of carbonyl (C=O) groups is 1. The Morgan fingerprint density at radius 1 is 1.20 bits per heavy atom. The van der Waals surface area contributed by atoms with Gasteiger partial charge in [-0.05, 0) is 56.4 Å². The number of nitrogens with one attached hydrogen (secondary N) is 1. The van der Waals surface area contributed by atoms with Crippen molar-refractivity contribution in [1.29, 1.82) is 0 Å². The maximum atomic E-state index is 12.8. The Morgan fingerprint density at radius 2 is 1.88 bits per heavy atom. The van der Waals surface area contributed by atoms with Crippen LogP contribution in [0.3, 0.4) is 0 Å². The topological polar surface area (TPSA) is 66.5 Å². The van der Waals surface area contributed by atoms with Crippen molar-refractivity contribution < 1.29 is 13.2 Å². The summed E-state index contributed by atoms with van der Waals surface area (Å²) in [5, 5.41) is 2.95. The minimum Gasteiger partial charge on any atom is -0.326 e. The van der Waals surface area contributed by atoms with E-state index in [0.29, 0.717) is 18.8 Å². The summed E-state index contributed by atoms with van der Waals surface area (Å²) in [4.78, 5) is 12.8. The van der Waals surface area contributed by atoms with Crippen LogP contribution in [0.15, 0.2) is 29.2 Å². The van der Waals surface area contributed by atoms with E-state index in [2.05, 4.69) is 11.4 Å². The third kappa shape index (κ3) is 4.30. The zero-order valence-electron chi connectivity index (χ0n) is 15.5. The average Bonchev–Trinajstić information content (AvgIpc) is 2.60. The predicted molar refractivity (Wildman–Crippen MR) is 101 cm³/mol. The number of rotatable bonds is 6. The van der Waals surface area contributed by atoms with Crippen LogP contribution in [-0.4, -0.2) is 31.7 Å². The molecule has 1 aliphatic rings. The van der Waals surface area contributed by atoms with Gasteiger partial charge in [0.05, 0.1) is 4.90 Å². The first-order valence-corrected chi connectivity index (χ1v) is 10.3. The monoisotopic (exact) mass is 364 g/mol. The summed E-state index contributed by atoms with van der Waals surface area (Å²) in [7, 11) is -3.55. The van der Waals surface area contributed by atoms with Crippen molar-refractivity contribution in [3.63, 3.8) is 0 Å². The lowest BCUT2D eigenvalue weighted by atomic mass is 9.93. The summed E-state index contributed by atoms with van der Waals surface area (Å²) in [6.07, 6.45) is 6.61. The lowest BCUT2D eigenvalue weighted by Gasteiger charge is -2.22. The first-order valence-electron chi connectivity index (χ1n) is 8.88. The number of anilines is 1. The van der Waals surface area contributed by atoms with Gasteiger partial charge >= 0.3 is 0 Å². The standard InChI is InChI=1S/C19H28N2O3S/c1-5-21(6-2)25(23,24)17-12-14(3)15(4)18(13-17)20-19(22)16-10-8-7-9-11-16/h7-8,12-13,16H,5-6,9-11H2,1-4H3,(H,20,22)/t16-/m1/s1. The van der Waals surface area contributed by atoms with Gasteiger partial charge in [-0.3, -0.25) is 4.79 Å². The Kier molecular flexibility index (Phi) is 6.41.